The number of amides is 1. The van der Waals surface area contributed by atoms with Gasteiger partial charge in [0, 0.05) is 13.1 Å². The molecule has 1 aliphatic heterocycles. The lowest BCUT2D eigenvalue weighted by atomic mass is 10.1. The van der Waals surface area contributed by atoms with E-state index < -0.39 is 0 Å². The number of aliphatic hydroxyl groups excluding tert-OH is 1. The first-order valence-electron chi connectivity index (χ1n) is 5.86. The molecule has 0 unspecified atom stereocenters. The van der Waals surface area contributed by atoms with Gasteiger partial charge in [0.15, 0.2) is 0 Å². The number of carbonyl (C=O) groups is 1. The zero-order chi connectivity index (χ0) is 12.1. The highest BCUT2D eigenvalue weighted by atomic mass is 32.1. The molecule has 17 heavy (non-hydrogen) atoms. The first-order chi connectivity index (χ1) is 8.31. The van der Waals surface area contributed by atoms with E-state index in [0.29, 0.717) is 6.61 Å². The fourth-order valence-corrected chi connectivity index (χ4v) is 2.69. The fourth-order valence-electron chi connectivity index (χ4n) is 2.00. The number of hydrogen-bond acceptors (Lipinski definition) is 4. The van der Waals surface area contributed by atoms with Gasteiger partial charge in [-0.05, 0) is 24.3 Å². The summed E-state index contributed by atoms with van der Waals surface area (Å²) in [6.45, 7) is 1.94. The Labute approximate surface area is 105 Å². The predicted octanol–water partition coefficient (Wildman–Crippen LogP) is 1.36. The number of piperidine rings is 1. The van der Waals surface area contributed by atoms with E-state index in [0.717, 1.165) is 30.8 Å². The molecule has 0 atom stereocenters. The highest BCUT2D eigenvalue weighted by Crippen LogP contribution is 2.18. The maximum absolute atomic E-state index is 12.0. The van der Waals surface area contributed by atoms with Crippen LogP contribution in [-0.4, -0.2) is 48.3 Å². The monoisotopic (exact) mass is 255 g/mol. The summed E-state index contributed by atoms with van der Waals surface area (Å²) in [5, 5.41) is 10.6. The van der Waals surface area contributed by atoms with Crippen LogP contribution in [0.5, 0.6) is 0 Å². The molecule has 0 aromatic carbocycles. The largest absolute Gasteiger partial charge is 0.394 e. The van der Waals surface area contributed by atoms with Crippen molar-refractivity contribution in [3.05, 3.63) is 22.4 Å². The molecule has 1 aromatic heterocycles. The van der Waals surface area contributed by atoms with E-state index in [-0.39, 0.29) is 18.6 Å². The number of thiophene rings is 1. The van der Waals surface area contributed by atoms with Crippen molar-refractivity contribution in [1.82, 2.24) is 4.90 Å². The summed E-state index contributed by atoms with van der Waals surface area (Å²) in [6, 6.07) is 3.76. The fraction of sp³-hybridized carbons (Fsp3) is 0.583. The van der Waals surface area contributed by atoms with E-state index >= 15 is 0 Å². The third-order valence-electron chi connectivity index (χ3n) is 2.91. The molecule has 0 bridgehead atoms. The van der Waals surface area contributed by atoms with Crippen LogP contribution >= 0.6 is 11.3 Å². The first kappa shape index (κ1) is 12.5. The van der Waals surface area contributed by atoms with Crippen molar-refractivity contribution in [1.29, 1.82) is 0 Å². The quantitative estimate of drug-likeness (QED) is 0.884. The van der Waals surface area contributed by atoms with Crippen molar-refractivity contribution >= 4 is 17.2 Å². The minimum atomic E-state index is 0.0638. The van der Waals surface area contributed by atoms with Gasteiger partial charge < -0.3 is 14.7 Å². The van der Waals surface area contributed by atoms with E-state index in [4.69, 9.17) is 9.84 Å². The second kappa shape index (κ2) is 6.14. The van der Waals surface area contributed by atoms with Gasteiger partial charge in [0.05, 0.1) is 24.2 Å². The maximum Gasteiger partial charge on any atom is 0.263 e. The van der Waals surface area contributed by atoms with E-state index in [1.54, 1.807) is 0 Å². The van der Waals surface area contributed by atoms with Crippen molar-refractivity contribution in [3.63, 3.8) is 0 Å². The molecule has 1 aliphatic rings. The van der Waals surface area contributed by atoms with Crippen molar-refractivity contribution in [2.45, 2.75) is 18.9 Å². The first-order valence-corrected chi connectivity index (χ1v) is 6.74. The zero-order valence-electron chi connectivity index (χ0n) is 9.67. The van der Waals surface area contributed by atoms with Gasteiger partial charge in [0.2, 0.25) is 0 Å². The lowest BCUT2D eigenvalue weighted by Crippen LogP contribution is -2.40. The maximum atomic E-state index is 12.0. The molecule has 4 nitrogen and oxygen atoms in total. The topological polar surface area (TPSA) is 49.8 Å². The number of likely N-dealkylation sites (tertiary alicyclic amines) is 1. The molecule has 2 rings (SSSR count). The summed E-state index contributed by atoms with van der Waals surface area (Å²) in [5.41, 5.74) is 0. The molecule has 1 amide bonds. The van der Waals surface area contributed by atoms with Crippen molar-refractivity contribution in [3.8, 4) is 0 Å². The minimum Gasteiger partial charge on any atom is -0.394 e. The highest BCUT2D eigenvalue weighted by molar-refractivity contribution is 7.12. The third kappa shape index (κ3) is 3.28. The lowest BCUT2D eigenvalue weighted by molar-refractivity contribution is -0.00545. The van der Waals surface area contributed by atoms with Crippen LogP contribution in [-0.2, 0) is 4.74 Å². The Hall–Kier alpha value is -0.910. The molecule has 2 heterocycles. The molecule has 1 saturated heterocycles. The highest BCUT2D eigenvalue weighted by Gasteiger charge is 2.24. The third-order valence-corrected chi connectivity index (χ3v) is 3.76. The van der Waals surface area contributed by atoms with E-state index in [9.17, 15) is 4.79 Å². The smallest absolute Gasteiger partial charge is 0.263 e. The number of carbonyl (C=O) groups excluding carboxylic acids is 1. The second-order valence-corrected chi connectivity index (χ2v) is 5.01. The normalized spacial score (nSPS) is 17.4. The molecule has 94 valence electrons. The summed E-state index contributed by atoms with van der Waals surface area (Å²) in [5.74, 6) is 0.126. The van der Waals surface area contributed by atoms with Crippen LogP contribution in [0.15, 0.2) is 17.5 Å². The summed E-state index contributed by atoms with van der Waals surface area (Å²) in [7, 11) is 0. The summed E-state index contributed by atoms with van der Waals surface area (Å²) in [4.78, 5) is 14.7. The molecular weight excluding hydrogens is 238 g/mol. The Bertz CT molecular complexity index is 345. The number of aliphatic hydroxyl groups is 1. The Morgan fingerprint density at radius 3 is 2.88 bits per heavy atom. The molecule has 0 aliphatic carbocycles. The molecule has 1 N–H and O–H groups in total. The molecule has 0 spiro atoms. The SMILES string of the molecule is O=C(c1cccs1)N1CCC(OCCO)CC1. The Morgan fingerprint density at radius 1 is 1.53 bits per heavy atom. The number of nitrogens with zero attached hydrogens (tertiary/aromatic N) is 1. The lowest BCUT2D eigenvalue weighted by Gasteiger charge is -2.31. The molecular formula is C12H17NO3S. The van der Waals surface area contributed by atoms with Crippen LogP contribution in [0.1, 0.15) is 22.5 Å². The predicted molar refractivity (Wildman–Crippen MR) is 66.3 cm³/mol. The van der Waals surface area contributed by atoms with Crippen molar-refractivity contribution in [2.75, 3.05) is 26.3 Å². The summed E-state index contributed by atoms with van der Waals surface area (Å²) >= 11 is 1.48. The Balaban J connectivity index is 1.81. The summed E-state index contributed by atoms with van der Waals surface area (Å²) < 4.78 is 5.47. The van der Waals surface area contributed by atoms with Crippen molar-refractivity contribution in [2.24, 2.45) is 0 Å². The van der Waals surface area contributed by atoms with Gasteiger partial charge in [-0.15, -0.1) is 11.3 Å². The summed E-state index contributed by atoms with van der Waals surface area (Å²) in [6.07, 6.45) is 1.91. The van der Waals surface area contributed by atoms with Gasteiger partial charge in [0.1, 0.15) is 0 Å². The van der Waals surface area contributed by atoms with Crippen LogP contribution < -0.4 is 0 Å². The van der Waals surface area contributed by atoms with Gasteiger partial charge in [-0.3, -0.25) is 4.79 Å². The molecule has 0 radical (unpaired) electrons. The van der Waals surface area contributed by atoms with Crippen LogP contribution in [0, 0.1) is 0 Å². The zero-order valence-corrected chi connectivity index (χ0v) is 10.5. The second-order valence-electron chi connectivity index (χ2n) is 4.06. The van der Waals surface area contributed by atoms with E-state index in [1.807, 2.05) is 22.4 Å². The van der Waals surface area contributed by atoms with E-state index in [2.05, 4.69) is 0 Å². The molecule has 1 fully saturated rings. The van der Waals surface area contributed by atoms with Gasteiger partial charge in [-0.25, -0.2) is 0 Å². The number of hydrogen-bond donors (Lipinski definition) is 1. The number of rotatable bonds is 4. The van der Waals surface area contributed by atoms with Gasteiger partial charge in [0.25, 0.3) is 5.91 Å². The average Bonchev–Trinajstić information content (AvgIpc) is 2.90. The standard InChI is InChI=1S/C12H17NO3S/c14-7-8-16-10-3-5-13(6-4-10)12(15)11-2-1-9-17-11/h1-2,9-10,14H,3-8H2. The Morgan fingerprint density at radius 2 is 2.29 bits per heavy atom. The average molecular weight is 255 g/mol. The van der Waals surface area contributed by atoms with Crippen LogP contribution in [0.3, 0.4) is 0 Å². The van der Waals surface area contributed by atoms with Crippen molar-refractivity contribution < 1.29 is 14.6 Å². The Kier molecular flexibility index (Phi) is 4.53. The van der Waals surface area contributed by atoms with E-state index in [1.165, 1.54) is 11.3 Å². The van der Waals surface area contributed by atoms with Gasteiger partial charge in [-0.2, -0.15) is 0 Å². The molecule has 0 saturated carbocycles. The number of ether oxygens (including phenoxy) is 1. The van der Waals surface area contributed by atoms with Gasteiger partial charge >= 0.3 is 0 Å². The van der Waals surface area contributed by atoms with Crippen LogP contribution in [0.4, 0.5) is 0 Å². The minimum absolute atomic E-state index is 0.0638. The van der Waals surface area contributed by atoms with Crippen LogP contribution in [0.25, 0.3) is 0 Å². The molecule has 5 heteroatoms. The van der Waals surface area contributed by atoms with Crippen LogP contribution in [0.2, 0.25) is 0 Å². The van der Waals surface area contributed by atoms with Gasteiger partial charge in [-0.1, -0.05) is 6.07 Å². The molecule has 1 aromatic rings.